The number of ether oxygens (including phenoxy) is 1. The van der Waals surface area contributed by atoms with Crippen LogP contribution in [0.5, 0.6) is 0 Å². The van der Waals surface area contributed by atoms with Crippen LogP contribution in [0.2, 0.25) is 0 Å². The first-order valence-corrected chi connectivity index (χ1v) is 7.13. The van der Waals surface area contributed by atoms with Gasteiger partial charge in [0.1, 0.15) is 6.10 Å². The van der Waals surface area contributed by atoms with Crippen LogP contribution in [-0.2, 0) is 14.3 Å². The third-order valence-corrected chi connectivity index (χ3v) is 3.58. The Morgan fingerprint density at radius 3 is 2.37 bits per heavy atom. The first-order valence-electron chi connectivity index (χ1n) is 7.13. The number of carbonyl (C=O) groups excluding carboxylic acids is 1. The Hall–Kier alpha value is -1.10. The second kappa shape index (κ2) is 8.15. The molecule has 0 aromatic carbocycles. The summed E-state index contributed by atoms with van der Waals surface area (Å²) in [6.45, 7) is 1.98. The van der Waals surface area contributed by atoms with Crippen molar-refractivity contribution in [3.8, 4) is 0 Å². The summed E-state index contributed by atoms with van der Waals surface area (Å²) in [5, 5.41) is 8.61. The van der Waals surface area contributed by atoms with Crippen LogP contribution in [-0.4, -0.2) is 47.7 Å². The molecule has 0 aromatic rings. The molecule has 0 heterocycles. The van der Waals surface area contributed by atoms with Gasteiger partial charge in [-0.2, -0.15) is 0 Å². The first kappa shape index (κ1) is 16.0. The van der Waals surface area contributed by atoms with Gasteiger partial charge in [-0.3, -0.25) is 9.59 Å². The van der Waals surface area contributed by atoms with E-state index >= 15 is 0 Å². The minimum atomic E-state index is -0.892. The molecule has 0 bridgehead atoms. The normalized spacial score (nSPS) is 18.6. The molecule has 1 unspecified atom stereocenters. The zero-order chi connectivity index (χ0) is 14.3. The van der Waals surface area contributed by atoms with E-state index in [2.05, 4.69) is 0 Å². The van der Waals surface area contributed by atoms with Crippen molar-refractivity contribution >= 4 is 11.9 Å². The number of likely N-dealkylation sites (N-methyl/N-ethyl adjacent to an activating group) is 1. The number of nitrogens with zero attached hydrogens (tertiary/aromatic N) is 1. The maximum Gasteiger partial charge on any atom is 0.305 e. The van der Waals surface area contributed by atoms with Gasteiger partial charge in [0.25, 0.3) is 5.91 Å². The zero-order valence-electron chi connectivity index (χ0n) is 11.9. The van der Waals surface area contributed by atoms with Crippen molar-refractivity contribution in [2.45, 2.75) is 64.1 Å². The summed E-state index contributed by atoms with van der Waals surface area (Å²) in [6.07, 6.45) is 6.55. The summed E-state index contributed by atoms with van der Waals surface area (Å²) in [6, 6.07) is 0. The summed E-state index contributed by atoms with van der Waals surface area (Å²) in [5.74, 6) is -1.03. The summed E-state index contributed by atoms with van der Waals surface area (Å²) >= 11 is 0. The summed E-state index contributed by atoms with van der Waals surface area (Å²) in [7, 11) is 1.62. The number of carboxylic acids is 1. The van der Waals surface area contributed by atoms with E-state index in [4.69, 9.17) is 9.84 Å². The molecule has 1 aliphatic carbocycles. The lowest BCUT2D eigenvalue weighted by Crippen LogP contribution is -2.39. The average molecular weight is 271 g/mol. The van der Waals surface area contributed by atoms with Gasteiger partial charge < -0.3 is 14.7 Å². The molecule has 5 heteroatoms. The van der Waals surface area contributed by atoms with Crippen molar-refractivity contribution in [2.24, 2.45) is 0 Å². The van der Waals surface area contributed by atoms with E-state index in [0.717, 1.165) is 12.8 Å². The van der Waals surface area contributed by atoms with Gasteiger partial charge in [0.05, 0.1) is 12.5 Å². The molecule has 1 rings (SSSR count). The van der Waals surface area contributed by atoms with E-state index in [1.54, 1.807) is 14.0 Å². The SMILES string of the molecule is CC(OC1CCCCCC1)C(=O)N(C)CCC(=O)O. The Kier molecular flexibility index (Phi) is 6.84. The molecular formula is C14H25NO4. The van der Waals surface area contributed by atoms with Crippen molar-refractivity contribution in [1.82, 2.24) is 4.90 Å². The standard InChI is InChI=1S/C14H25NO4/c1-11(14(18)15(2)10-9-13(16)17)19-12-7-5-3-4-6-8-12/h11-12H,3-10H2,1-2H3,(H,16,17). The summed E-state index contributed by atoms with van der Waals surface area (Å²) in [4.78, 5) is 23.9. The third kappa shape index (κ3) is 6.05. The fourth-order valence-electron chi connectivity index (χ4n) is 2.41. The zero-order valence-corrected chi connectivity index (χ0v) is 11.9. The molecule has 5 nitrogen and oxygen atoms in total. The first-order chi connectivity index (χ1) is 9.00. The van der Waals surface area contributed by atoms with Crippen molar-refractivity contribution in [3.63, 3.8) is 0 Å². The van der Waals surface area contributed by atoms with E-state index in [1.807, 2.05) is 0 Å². The quantitative estimate of drug-likeness (QED) is 0.751. The van der Waals surface area contributed by atoms with Crippen LogP contribution in [0.25, 0.3) is 0 Å². The average Bonchev–Trinajstić information content (AvgIpc) is 2.63. The van der Waals surface area contributed by atoms with Gasteiger partial charge in [-0.05, 0) is 19.8 Å². The van der Waals surface area contributed by atoms with E-state index in [1.165, 1.54) is 30.6 Å². The summed E-state index contributed by atoms with van der Waals surface area (Å²) < 4.78 is 5.82. The molecule has 1 amide bonds. The Balaban J connectivity index is 2.35. The topological polar surface area (TPSA) is 66.8 Å². The number of carboxylic acid groups (broad SMARTS) is 1. The van der Waals surface area contributed by atoms with Gasteiger partial charge in [-0.1, -0.05) is 25.7 Å². The van der Waals surface area contributed by atoms with Gasteiger partial charge in [0.2, 0.25) is 0 Å². The predicted molar refractivity (Wildman–Crippen MR) is 71.9 cm³/mol. The second-order valence-corrected chi connectivity index (χ2v) is 5.30. The maximum absolute atomic E-state index is 12.0. The highest BCUT2D eigenvalue weighted by molar-refractivity contribution is 5.80. The molecular weight excluding hydrogens is 246 g/mol. The molecule has 1 fully saturated rings. The Morgan fingerprint density at radius 1 is 1.26 bits per heavy atom. The fraction of sp³-hybridized carbons (Fsp3) is 0.857. The molecule has 1 N–H and O–H groups in total. The molecule has 0 spiro atoms. The van der Waals surface area contributed by atoms with Crippen LogP contribution in [0.15, 0.2) is 0 Å². The van der Waals surface area contributed by atoms with Crippen LogP contribution in [0.3, 0.4) is 0 Å². The Bertz CT molecular complexity index is 298. The van der Waals surface area contributed by atoms with Crippen molar-refractivity contribution < 1.29 is 19.4 Å². The number of hydrogen-bond donors (Lipinski definition) is 1. The Labute approximate surface area is 114 Å². The van der Waals surface area contributed by atoms with Crippen LogP contribution in [0.4, 0.5) is 0 Å². The molecule has 0 aromatic heterocycles. The largest absolute Gasteiger partial charge is 0.481 e. The monoisotopic (exact) mass is 271 g/mol. The van der Waals surface area contributed by atoms with Crippen LogP contribution < -0.4 is 0 Å². The van der Waals surface area contributed by atoms with Crippen molar-refractivity contribution in [3.05, 3.63) is 0 Å². The highest BCUT2D eigenvalue weighted by Gasteiger charge is 2.23. The van der Waals surface area contributed by atoms with Crippen LogP contribution in [0, 0.1) is 0 Å². The highest BCUT2D eigenvalue weighted by Crippen LogP contribution is 2.21. The van der Waals surface area contributed by atoms with Gasteiger partial charge in [-0.25, -0.2) is 0 Å². The van der Waals surface area contributed by atoms with Crippen LogP contribution >= 0.6 is 0 Å². The third-order valence-electron chi connectivity index (χ3n) is 3.58. The lowest BCUT2D eigenvalue weighted by Gasteiger charge is -2.24. The predicted octanol–water partition coefficient (Wildman–Crippen LogP) is 2.05. The van der Waals surface area contributed by atoms with E-state index in [0.29, 0.717) is 0 Å². The molecule has 1 atom stereocenters. The molecule has 19 heavy (non-hydrogen) atoms. The molecule has 1 aliphatic rings. The van der Waals surface area contributed by atoms with Gasteiger partial charge in [0.15, 0.2) is 0 Å². The number of amides is 1. The van der Waals surface area contributed by atoms with E-state index in [9.17, 15) is 9.59 Å². The number of hydrogen-bond acceptors (Lipinski definition) is 3. The van der Waals surface area contributed by atoms with E-state index < -0.39 is 12.1 Å². The Morgan fingerprint density at radius 2 is 1.84 bits per heavy atom. The molecule has 0 radical (unpaired) electrons. The number of carbonyl (C=O) groups is 2. The van der Waals surface area contributed by atoms with Crippen molar-refractivity contribution in [2.75, 3.05) is 13.6 Å². The lowest BCUT2D eigenvalue weighted by molar-refractivity contribution is -0.146. The molecule has 1 saturated carbocycles. The van der Waals surface area contributed by atoms with Gasteiger partial charge in [0, 0.05) is 13.6 Å². The number of aliphatic carboxylic acids is 1. The minimum absolute atomic E-state index is 0.0294. The van der Waals surface area contributed by atoms with Gasteiger partial charge >= 0.3 is 5.97 Å². The maximum atomic E-state index is 12.0. The molecule has 0 aliphatic heterocycles. The smallest absolute Gasteiger partial charge is 0.305 e. The van der Waals surface area contributed by atoms with Gasteiger partial charge in [-0.15, -0.1) is 0 Å². The highest BCUT2D eigenvalue weighted by atomic mass is 16.5. The van der Waals surface area contributed by atoms with E-state index in [-0.39, 0.29) is 25.0 Å². The van der Waals surface area contributed by atoms with Crippen molar-refractivity contribution in [1.29, 1.82) is 0 Å². The lowest BCUT2D eigenvalue weighted by atomic mass is 10.1. The second-order valence-electron chi connectivity index (χ2n) is 5.30. The molecule has 110 valence electrons. The minimum Gasteiger partial charge on any atom is -0.481 e. The summed E-state index contributed by atoms with van der Waals surface area (Å²) in [5.41, 5.74) is 0. The van der Waals surface area contributed by atoms with Crippen LogP contribution in [0.1, 0.15) is 51.9 Å². The molecule has 0 saturated heterocycles. The fourth-order valence-corrected chi connectivity index (χ4v) is 2.41. The number of rotatable bonds is 6.